The van der Waals surface area contributed by atoms with Gasteiger partial charge in [-0.2, -0.15) is 0 Å². The molecule has 1 unspecified atom stereocenters. The average Bonchev–Trinajstić information content (AvgIpc) is 3.38. The Morgan fingerprint density at radius 2 is 1.67 bits per heavy atom. The van der Waals surface area contributed by atoms with E-state index in [4.69, 9.17) is 0 Å². The topological polar surface area (TPSA) is 157 Å². The molecule has 286 valence electrons. The highest BCUT2D eigenvalue weighted by Gasteiger charge is 2.70. The number of nitrogens with zero attached hydrogens (tertiary/aromatic N) is 2. The minimum absolute atomic E-state index is 0.0938. The zero-order valence-corrected chi connectivity index (χ0v) is 32.2. The predicted octanol–water partition coefficient (Wildman–Crippen LogP) is 4.08. The van der Waals surface area contributed by atoms with Gasteiger partial charge in [0.05, 0.1) is 12.1 Å². The van der Waals surface area contributed by atoms with Crippen LogP contribution in [0.15, 0.2) is 12.7 Å². The fourth-order valence-corrected chi connectivity index (χ4v) is 8.65. The number of Topliss-reactive ketones (excluding diaryl/α,β-unsaturated/α-hetero) is 1. The van der Waals surface area contributed by atoms with Crippen molar-refractivity contribution in [2.45, 2.75) is 143 Å². The molecule has 12 nitrogen and oxygen atoms in total. The van der Waals surface area contributed by atoms with Crippen LogP contribution in [0.3, 0.4) is 0 Å². The van der Waals surface area contributed by atoms with Gasteiger partial charge in [-0.15, -0.1) is 6.58 Å². The van der Waals surface area contributed by atoms with Gasteiger partial charge in [-0.1, -0.05) is 86.6 Å². The summed E-state index contributed by atoms with van der Waals surface area (Å²) in [7, 11) is 0. The molecule has 0 radical (unpaired) electrons. The zero-order valence-electron chi connectivity index (χ0n) is 32.2. The van der Waals surface area contributed by atoms with Crippen molar-refractivity contribution < 1.29 is 28.8 Å². The van der Waals surface area contributed by atoms with Gasteiger partial charge in [-0.25, -0.2) is 4.79 Å². The Hall–Kier alpha value is -3.44. The standard InChI is InChI=1S/C39H64N6O6/c1-9-11-17-26(31(47)34(49)40-21-10-2)41-33(48)30-29-25(38(29,6)7)23-45(30)35(50)32(39(8)19-14-12-15-20-39)43-36(51)42-27(37(3,4)5)24-44-22-16-13-18-28(44)46/h10,25-27,29-30,32H,2,9,11-24H2,1,3-8H3,(H,40,49)(H,41,48)(H2,42,43,51)/t25-,26?,27+,29-,30-,32+/m0/s1. The summed E-state index contributed by atoms with van der Waals surface area (Å²) >= 11 is 0. The monoisotopic (exact) mass is 712 g/mol. The molecule has 4 fully saturated rings. The number of ketones is 1. The van der Waals surface area contributed by atoms with E-state index in [1.807, 2.05) is 32.6 Å². The maximum atomic E-state index is 14.8. The molecule has 4 rings (SSSR count). The molecule has 0 bridgehead atoms. The number of carbonyl (C=O) groups is 6. The van der Waals surface area contributed by atoms with Crippen molar-refractivity contribution in [1.29, 1.82) is 0 Å². The molecule has 2 heterocycles. The van der Waals surface area contributed by atoms with Gasteiger partial charge in [0.1, 0.15) is 12.1 Å². The molecule has 2 saturated heterocycles. The van der Waals surface area contributed by atoms with Crippen LogP contribution >= 0.6 is 0 Å². The number of unbranched alkanes of at least 4 members (excludes halogenated alkanes) is 1. The maximum Gasteiger partial charge on any atom is 0.315 e. The molecule has 0 aromatic rings. The van der Waals surface area contributed by atoms with Gasteiger partial charge in [0, 0.05) is 32.6 Å². The number of nitrogens with one attached hydrogen (secondary N) is 4. The van der Waals surface area contributed by atoms with Crippen molar-refractivity contribution >= 4 is 35.4 Å². The van der Waals surface area contributed by atoms with Gasteiger partial charge in [0.15, 0.2) is 0 Å². The first-order valence-corrected chi connectivity index (χ1v) is 19.3. The van der Waals surface area contributed by atoms with Gasteiger partial charge in [0.25, 0.3) is 5.91 Å². The van der Waals surface area contributed by atoms with Crippen LogP contribution in [0.1, 0.15) is 119 Å². The van der Waals surface area contributed by atoms with Crippen LogP contribution in [0.5, 0.6) is 0 Å². The first-order chi connectivity index (χ1) is 24.0. The summed E-state index contributed by atoms with van der Waals surface area (Å²) in [5.41, 5.74) is -1.06. The fourth-order valence-electron chi connectivity index (χ4n) is 8.65. The van der Waals surface area contributed by atoms with E-state index in [0.29, 0.717) is 38.9 Å². The minimum Gasteiger partial charge on any atom is -0.346 e. The third-order valence-corrected chi connectivity index (χ3v) is 12.3. The Morgan fingerprint density at radius 3 is 2.27 bits per heavy atom. The highest BCUT2D eigenvalue weighted by atomic mass is 16.2. The Kier molecular flexibility index (Phi) is 13.0. The van der Waals surface area contributed by atoms with Crippen LogP contribution in [-0.4, -0.2) is 95.6 Å². The molecule has 6 amide bonds. The van der Waals surface area contributed by atoms with Crippen molar-refractivity contribution in [3.05, 3.63) is 12.7 Å². The largest absolute Gasteiger partial charge is 0.346 e. The Labute approximate surface area is 305 Å². The van der Waals surface area contributed by atoms with Crippen molar-refractivity contribution in [3.63, 3.8) is 0 Å². The van der Waals surface area contributed by atoms with E-state index in [1.54, 1.807) is 4.90 Å². The van der Waals surface area contributed by atoms with Crippen molar-refractivity contribution in [2.75, 3.05) is 26.2 Å². The Balaban J connectivity index is 1.58. The van der Waals surface area contributed by atoms with Crippen molar-refractivity contribution in [3.8, 4) is 0 Å². The quantitative estimate of drug-likeness (QED) is 0.148. The molecule has 4 aliphatic rings. The second-order valence-electron chi connectivity index (χ2n) is 17.4. The van der Waals surface area contributed by atoms with Crippen LogP contribution in [0.2, 0.25) is 0 Å². The van der Waals surface area contributed by atoms with Crippen LogP contribution in [-0.2, 0) is 24.0 Å². The number of fused-ring (bicyclic) bond motifs is 1. The zero-order chi connectivity index (χ0) is 37.7. The van der Waals surface area contributed by atoms with E-state index in [2.05, 4.69) is 48.6 Å². The molecule has 2 aliphatic heterocycles. The minimum atomic E-state index is -1.02. The number of amides is 6. The molecule has 2 saturated carbocycles. The smallest absolute Gasteiger partial charge is 0.315 e. The van der Waals surface area contributed by atoms with E-state index >= 15 is 0 Å². The van der Waals surface area contributed by atoms with E-state index in [9.17, 15) is 28.8 Å². The fraction of sp³-hybridized carbons (Fsp3) is 0.795. The van der Waals surface area contributed by atoms with Crippen LogP contribution in [0.4, 0.5) is 4.79 Å². The first kappa shape index (κ1) is 40.3. The molecule has 6 atom stereocenters. The van der Waals surface area contributed by atoms with Gasteiger partial charge in [-0.05, 0) is 60.2 Å². The Morgan fingerprint density at radius 1 is 0.980 bits per heavy atom. The third-order valence-electron chi connectivity index (χ3n) is 12.3. The lowest BCUT2D eigenvalue weighted by atomic mass is 9.70. The summed E-state index contributed by atoms with van der Waals surface area (Å²) < 4.78 is 0. The second kappa shape index (κ2) is 16.5. The van der Waals surface area contributed by atoms with Gasteiger partial charge in [-0.3, -0.25) is 24.0 Å². The normalized spacial score (nSPS) is 25.5. The number of piperidine rings is 2. The molecule has 2 aliphatic carbocycles. The molecule has 51 heavy (non-hydrogen) atoms. The number of hydrogen-bond donors (Lipinski definition) is 4. The van der Waals surface area contributed by atoms with Gasteiger partial charge >= 0.3 is 6.03 Å². The highest BCUT2D eigenvalue weighted by Crippen LogP contribution is 2.65. The molecule has 12 heteroatoms. The van der Waals surface area contributed by atoms with E-state index < -0.39 is 47.2 Å². The van der Waals surface area contributed by atoms with Crippen LogP contribution < -0.4 is 21.3 Å². The maximum absolute atomic E-state index is 14.8. The lowest BCUT2D eigenvalue weighted by Gasteiger charge is -2.44. The highest BCUT2D eigenvalue weighted by molar-refractivity contribution is 6.38. The summed E-state index contributed by atoms with van der Waals surface area (Å²) in [5.74, 6) is -2.15. The number of carbonyl (C=O) groups excluding carboxylic acids is 6. The summed E-state index contributed by atoms with van der Waals surface area (Å²) in [4.78, 5) is 85.0. The molecular weight excluding hydrogens is 648 g/mol. The molecule has 4 N–H and O–H groups in total. The molecular formula is C39H64N6O6. The predicted molar refractivity (Wildman–Crippen MR) is 196 cm³/mol. The molecule has 0 spiro atoms. The van der Waals surface area contributed by atoms with Gasteiger partial charge < -0.3 is 31.1 Å². The summed E-state index contributed by atoms with van der Waals surface area (Å²) in [6.45, 7) is 19.4. The summed E-state index contributed by atoms with van der Waals surface area (Å²) in [5, 5.41) is 11.6. The lowest BCUT2D eigenvalue weighted by molar-refractivity contribution is -0.146. The lowest BCUT2D eigenvalue weighted by Crippen LogP contribution is -2.64. The first-order valence-electron chi connectivity index (χ1n) is 19.3. The van der Waals surface area contributed by atoms with E-state index in [-0.39, 0.29) is 47.1 Å². The number of urea groups is 1. The second-order valence-corrected chi connectivity index (χ2v) is 17.4. The SMILES string of the molecule is C=CCNC(=O)C(=O)C(CCCC)NC(=O)[C@@H]1[C@@H]2[C@H](CN1C(=O)[C@@H](NC(=O)N[C@H](CN1CCCCC1=O)C(C)(C)C)C1(C)CCCCC1)C2(C)C. The number of rotatable bonds is 15. The van der Waals surface area contributed by atoms with Crippen molar-refractivity contribution in [2.24, 2.45) is 28.1 Å². The van der Waals surface area contributed by atoms with Crippen LogP contribution in [0.25, 0.3) is 0 Å². The van der Waals surface area contributed by atoms with E-state index in [0.717, 1.165) is 51.4 Å². The number of likely N-dealkylation sites (tertiary alicyclic amines) is 2. The molecule has 0 aromatic carbocycles. The Bertz CT molecular complexity index is 1330. The third kappa shape index (κ3) is 9.33. The molecule has 0 aromatic heterocycles. The summed E-state index contributed by atoms with van der Waals surface area (Å²) in [6, 6.07) is -3.55. The van der Waals surface area contributed by atoms with Gasteiger partial charge in [0.2, 0.25) is 23.5 Å². The van der Waals surface area contributed by atoms with E-state index in [1.165, 1.54) is 6.08 Å². The van der Waals surface area contributed by atoms with Crippen molar-refractivity contribution in [1.82, 2.24) is 31.1 Å². The average molecular weight is 713 g/mol. The summed E-state index contributed by atoms with van der Waals surface area (Å²) in [6.07, 6.45) is 9.96. The van der Waals surface area contributed by atoms with Crippen LogP contribution in [0, 0.1) is 28.1 Å². The number of hydrogen-bond acceptors (Lipinski definition) is 6.